The summed E-state index contributed by atoms with van der Waals surface area (Å²) in [5, 5.41) is 2.78. The van der Waals surface area contributed by atoms with Crippen LogP contribution < -0.4 is 5.32 Å². The highest BCUT2D eigenvalue weighted by Crippen LogP contribution is 2.22. The molecule has 1 aromatic carbocycles. The first-order valence-electron chi connectivity index (χ1n) is 5.95. The van der Waals surface area contributed by atoms with Gasteiger partial charge in [0.05, 0.1) is 19.2 Å². The third kappa shape index (κ3) is 2.71. The topological polar surface area (TPSA) is 84.7 Å². The number of esters is 1. The maximum atomic E-state index is 11.6. The van der Waals surface area contributed by atoms with Crippen molar-refractivity contribution in [3.63, 3.8) is 0 Å². The van der Waals surface area contributed by atoms with Crippen LogP contribution in [0, 0.1) is 0 Å². The van der Waals surface area contributed by atoms with Crippen LogP contribution in [0.3, 0.4) is 0 Å². The quantitative estimate of drug-likeness (QED) is 0.843. The number of nitrogens with one attached hydrogen (secondary N) is 1. The maximum absolute atomic E-state index is 11.6. The predicted octanol–water partition coefficient (Wildman–Crippen LogP) is 1.11. The fourth-order valence-corrected chi connectivity index (χ4v) is 1.61. The summed E-state index contributed by atoms with van der Waals surface area (Å²) in [6.07, 6.45) is 0. The molecule has 2 aromatic rings. The number of para-hydroxylation sites is 1. The van der Waals surface area contributed by atoms with Crippen LogP contribution in [0.5, 0.6) is 0 Å². The van der Waals surface area contributed by atoms with Crippen LogP contribution in [0.15, 0.2) is 22.6 Å². The third-order valence-electron chi connectivity index (χ3n) is 2.71. The van der Waals surface area contributed by atoms with Gasteiger partial charge >= 0.3 is 5.97 Å². The third-order valence-corrected chi connectivity index (χ3v) is 2.71. The Balaban J connectivity index is 2.25. The smallest absolute Gasteiger partial charge is 0.340 e. The van der Waals surface area contributed by atoms with Crippen molar-refractivity contribution in [1.29, 1.82) is 0 Å². The van der Waals surface area contributed by atoms with Gasteiger partial charge in [0.15, 0.2) is 5.58 Å². The van der Waals surface area contributed by atoms with Gasteiger partial charge in [0.25, 0.3) is 6.01 Å². The van der Waals surface area contributed by atoms with Crippen molar-refractivity contribution in [3.05, 3.63) is 23.8 Å². The van der Waals surface area contributed by atoms with E-state index < -0.39 is 5.97 Å². The van der Waals surface area contributed by atoms with Gasteiger partial charge in [-0.15, -0.1) is 0 Å². The Labute approximate surface area is 115 Å². The number of benzene rings is 1. The number of oxazole rings is 1. The fraction of sp³-hybridized carbons (Fsp3) is 0.308. The standard InChI is InChI=1S/C13H15N3O4/c1-16(2)10(17)7-14-13-15-11-8(12(18)19-3)5-4-6-9(11)20-13/h4-6H,7H2,1-3H3,(H,14,15). The number of hydrogen-bond acceptors (Lipinski definition) is 6. The second-order valence-corrected chi connectivity index (χ2v) is 4.30. The maximum Gasteiger partial charge on any atom is 0.340 e. The van der Waals surface area contributed by atoms with Crippen LogP contribution in [0.4, 0.5) is 6.01 Å². The summed E-state index contributed by atoms with van der Waals surface area (Å²) in [5.41, 5.74) is 1.17. The summed E-state index contributed by atoms with van der Waals surface area (Å²) in [7, 11) is 4.62. The number of likely N-dealkylation sites (N-methyl/N-ethyl adjacent to an activating group) is 1. The van der Waals surface area contributed by atoms with E-state index in [4.69, 9.17) is 4.42 Å². The van der Waals surface area contributed by atoms with Crippen LogP contribution in [0.1, 0.15) is 10.4 Å². The van der Waals surface area contributed by atoms with Gasteiger partial charge in [-0.2, -0.15) is 4.98 Å². The highest BCUT2D eigenvalue weighted by molar-refractivity contribution is 6.01. The molecule has 1 N–H and O–H groups in total. The number of amides is 1. The Hall–Kier alpha value is -2.57. The SMILES string of the molecule is COC(=O)c1cccc2oc(NCC(=O)N(C)C)nc12. The molecule has 7 heteroatoms. The average Bonchev–Trinajstić information content (AvgIpc) is 2.86. The summed E-state index contributed by atoms with van der Waals surface area (Å²) in [6.45, 7) is 0.0629. The zero-order valence-electron chi connectivity index (χ0n) is 11.5. The monoisotopic (exact) mass is 277 g/mol. The molecular weight excluding hydrogens is 262 g/mol. The lowest BCUT2D eigenvalue weighted by molar-refractivity contribution is -0.126. The van der Waals surface area contributed by atoms with Gasteiger partial charge in [-0.3, -0.25) is 4.79 Å². The lowest BCUT2D eigenvalue weighted by Gasteiger charge is -2.09. The van der Waals surface area contributed by atoms with E-state index in [9.17, 15) is 9.59 Å². The summed E-state index contributed by atoms with van der Waals surface area (Å²) in [4.78, 5) is 28.7. The lowest BCUT2D eigenvalue weighted by Crippen LogP contribution is -2.28. The molecule has 0 fully saturated rings. The van der Waals surface area contributed by atoms with Gasteiger partial charge in [0.2, 0.25) is 5.91 Å². The van der Waals surface area contributed by atoms with Crippen molar-refractivity contribution < 1.29 is 18.7 Å². The first-order chi connectivity index (χ1) is 9.52. The molecule has 106 valence electrons. The molecule has 0 bridgehead atoms. The number of nitrogens with zero attached hydrogens (tertiary/aromatic N) is 2. The first kappa shape index (κ1) is 13.9. The molecule has 0 spiro atoms. The van der Waals surface area contributed by atoms with Gasteiger partial charge in [-0.05, 0) is 12.1 Å². The van der Waals surface area contributed by atoms with Crippen LogP contribution in [0.25, 0.3) is 11.1 Å². The van der Waals surface area contributed by atoms with Gasteiger partial charge in [-0.25, -0.2) is 4.79 Å². The summed E-state index contributed by atoms with van der Waals surface area (Å²) >= 11 is 0. The van der Waals surface area contributed by atoms with Crippen LogP contribution in [-0.2, 0) is 9.53 Å². The minimum absolute atomic E-state index is 0.0629. The van der Waals surface area contributed by atoms with Gasteiger partial charge < -0.3 is 19.4 Å². The summed E-state index contributed by atoms with van der Waals surface area (Å²) < 4.78 is 10.1. The van der Waals surface area contributed by atoms with E-state index in [2.05, 4.69) is 15.0 Å². The van der Waals surface area contributed by atoms with Crippen molar-refractivity contribution in [3.8, 4) is 0 Å². The number of methoxy groups -OCH3 is 1. The normalized spacial score (nSPS) is 10.3. The highest BCUT2D eigenvalue weighted by atomic mass is 16.5. The van der Waals surface area contributed by atoms with Crippen molar-refractivity contribution >= 4 is 29.0 Å². The van der Waals surface area contributed by atoms with E-state index in [1.165, 1.54) is 12.0 Å². The molecule has 0 aliphatic rings. The molecular formula is C13H15N3O4. The van der Waals surface area contributed by atoms with E-state index in [0.29, 0.717) is 16.7 Å². The van der Waals surface area contributed by atoms with E-state index in [1.54, 1.807) is 32.3 Å². The van der Waals surface area contributed by atoms with E-state index in [0.717, 1.165) is 0 Å². The minimum Gasteiger partial charge on any atom is -0.465 e. The zero-order chi connectivity index (χ0) is 14.7. The molecule has 0 saturated heterocycles. The second-order valence-electron chi connectivity index (χ2n) is 4.30. The molecule has 7 nitrogen and oxygen atoms in total. The number of hydrogen-bond donors (Lipinski definition) is 1. The van der Waals surface area contributed by atoms with E-state index >= 15 is 0 Å². The van der Waals surface area contributed by atoms with E-state index in [-0.39, 0.29) is 18.5 Å². The molecule has 0 radical (unpaired) electrons. The second kappa shape index (κ2) is 5.60. The lowest BCUT2D eigenvalue weighted by atomic mass is 10.2. The van der Waals surface area contributed by atoms with Crippen LogP contribution in [-0.4, -0.2) is 49.5 Å². The number of anilines is 1. The van der Waals surface area contributed by atoms with Crippen molar-refractivity contribution in [2.24, 2.45) is 0 Å². The van der Waals surface area contributed by atoms with Crippen molar-refractivity contribution in [2.75, 3.05) is 33.1 Å². The molecule has 0 unspecified atom stereocenters. The molecule has 1 heterocycles. The number of carbonyl (C=O) groups is 2. The number of rotatable bonds is 4. The zero-order valence-corrected chi connectivity index (χ0v) is 11.5. The summed E-state index contributed by atoms with van der Waals surface area (Å²) in [5.74, 6) is -0.597. The Kier molecular flexibility index (Phi) is 3.88. The molecule has 1 amide bonds. The Morgan fingerprint density at radius 1 is 1.40 bits per heavy atom. The van der Waals surface area contributed by atoms with Gasteiger partial charge in [-0.1, -0.05) is 6.07 Å². The Morgan fingerprint density at radius 3 is 2.80 bits per heavy atom. The molecule has 0 saturated carbocycles. The largest absolute Gasteiger partial charge is 0.465 e. The molecule has 20 heavy (non-hydrogen) atoms. The number of ether oxygens (including phenoxy) is 1. The molecule has 2 rings (SSSR count). The van der Waals surface area contributed by atoms with Crippen molar-refractivity contribution in [2.45, 2.75) is 0 Å². The molecule has 0 aliphatic heterocycles. The van der Waals surface area contributed by atoms with Gasteiger partial charge in [0.1, 0.15) is 5.52 Å². The van der Waals surface area contributed by atoms with Gasteiger partial charge in [0, 0.05) is 14.1 Å². The molecule has 0 aliphatic carbocycles. The number of fused-ring (bicyclic) bond motifs is 1. The fourth-order valence-electron chi connectivity index (χ4n) is 1.61. The highest BCUT2D eigenvalue weighted by Gasteiger charge is 2.16. The number of carbonyl (C=O) groups excluding carboxylic acids is 2. The Bertz CT molecular complexity index is 648. The van der Waals surface area contributed by atoms with Crippen LogP contribution in [0.2, 0.25) is 0 Å². The Morgan fingerprint density at radius 2 is 2.15 bits per heavy atom. The molecule has 0 atom stereocenters. The van der Waals surface area contributed by atoms with Crippen LogP contribution >= 0.6 is 0 Å². The minimum atomic E-state index is -0.486. The van der Waals surface area contributed by atoms with Crippen molar-refractivity contribution in [1.82, 2.24) is 9.88 Å². The molecule has 1 aromatic heterocycles. The first-order valence-corrected chi connectivity index (χ1v) is 5.95. The summed E-state index contributed by atoms with van der Waals surface area (Å²) in [6, 6.07) is 5.15. The number of aromatic nitrogens is 1. The van der Waals surface area contributed by atoms with E-state index in [1.807, 2.05) is 0 Å². The predicted molar refractivity (Wildman–Crippen MR) is 72.5 cm³/mol. The average molecular weight is 277 g/mol.